The van der Waals surface area contributed by atoms with Gasteiger partial charge in [-0.1, -0.05) is 17.7 Å². The molecule has 2 heterocycles. The summed E-state index contributed by atoms with van der Waals surface area (Å²) in [4.78, 5) is 40.9. The standard InChI is InChI=1S/C18H13Br2ClN6O4/c1-31-18(30)25-24-16(28)9-4-2-5-10(19)14(9)23-17(29)12-8-13(20)26-27(12)15-11(21)6-3-7-22-15/h2-8H,1H3,(H,23,29)(H,24,28)(H,25,30). The number of benzene rings is 1. The maximum absolute atomic E-state index is 13.1. The summed E-state index contributed by atoms with van der Waals surface area (Å²) in [7, 11) is 1.15. The van der Waals surface area contributed by atoms with Crippen LogP contribution in [0.5, 0.6) is 0 Å². The van der Waals surface area contributed by atoms with Crippen molar-refractivity contribution >= 4 is 67.1 Å². The number of nitrogens with one attached hydrogen (secondary N) is 3. The van der Waals surface area contributed by atoms with Gasteiger partial charge in [0, 0.05) is 16.7 Å². The van der Waals surface area contributed by atoms with Crippen molar-refractivity contribution in [3.05, 3.63) is 68.0 Å². The molecule has 2 aromatic heterocycles. The number of amides is 3. The van der Waals surface area contributed by atoms with Crippen molar-refractivity contribution in [2.75, 3.05) is 12.4 Å². The first kappa shape index (κ1) is 22.7. The molecule has 1 aromatic carbocycles. The molecular weight excluding hydrogens is 559 g/mol. The van der Waals surface area contributed by atoms with Crippen LogP contribution < -0.4 is 16.2 Å². The Hall–Kier alpha value is -2.96. The molecule has 10 nitrogen and oxygen atoms in total. The van der Waals surface area contributed by atoms with Crippen LogP contribution in [-0.4, -0.2) is 39.8 Å². The number of carbonyl (C=O) groups excluding carboxylic acids is 3. The van der Waals surface area contributed by atoms with Crippen LogP contribution in [0.25, 0.3) is 5.82 Å². The maximum Gasteiger partial charge on any atom is 0.425 e. The third-order valence-corrected chi connectivity index (χ3v) is 5.16. The quantitative estimate of drug-likeness (QED) is 0.409. The number of pyridine rings is 1. The van der Waals surface area contributed by atoms with Crippen LogP contribution in [0.1, 0.15) is 20.8 Å². The Morgan fingerprint density at radius 3 is 2.58 bits per heavy atom. The van der Waals surface area contributed by atoms with Gasteiger partial charge in [-0.3, -0.25) is 15.0 Å². The van der Waals surface area contributed by atoms with E-state index in [4.69, 9.17) is 11.6 Å². The average Bonchev–Trinajstić information content (AvgIpc) is 3.15. The van der Waals surface area contributed by atoms with Gasteiger partial charge in [0.2, 0.25) is 0 Å². The number of hydrazine groups is 1. The zero-order valence-electron chi connectivity index (χ0n) is 15.6. The van der Waals surface area contributed by atoms with E-state index < -0.39 is 17.9 Å². The fourth-order valence-corrected chi connectivity index (χ4v) is 3.50. The van der Waals surface area contributed by atoms with E-state index in [9.17, 15) is 14.4 Å². The van der Waals surface area contributed by atoms with Gasteiger partial charge in [-0.15, -0.1) is 0 Å². The van der Waals surface area contributed by atoms with Gasteiger partial charge in [-0.25, -0.2) is 19.9 Å². The maximum atomic E-state index is 13.1. The van der Waals surface area contributed by atoms with Crippen LogP contribution >= 0.6 is 43.5 Å². The number of nitrogens with zero attached hydrogens (tertiary/aromatic N) is 3. The molecule has 0 fully saturated rings. The minimum Gasteiger partial charge on any atom is -0.452 e. The van der Waals surface area contributed by atoms with E-state index in [1.165, 1.54) is 23.0 Å². The van der Waals surface area contributed by atoms with Crippen LogP contribution in [0.2, 0.25) is 5.02 Å². The number of hydrogen-bond acceptors (Lipinski definition) is 6. The van der Waals surface area contributed by atoms with Crippen LogP contribution in [0.15, 0.2) is 51.7 Å². The predicted molar refractivity (Wildman–Crippen MR) is 119 cm³/mol. The Kier molecular flexibility index (Phi) is 7.25. The van der Waals surface area contributed by atoms with Gasteiger partial charge < -0.3 is 10.1 Å². The number of ether oxygens (including phenoxy) is 1. The molecule has 3 N–H and O–H groups in total. The highest BCUT2D eigenvalue weighted by atomic mass is 79.9. The third-order valence-electron chi connectivity index (χ3n) is 3.81. The molecular formula is C18H13Br2ClN6O4. The fourth-order valence-electron chi connectivity index (χ4n) is 2.45. The summed E-state index contributed by atoms with van der Waals surface area (Å²) in [6, 6.07) is 9.46. The van der Waals surface area contributed by atoms with Crippen molar-refractivity contribution < 1.29 is 19.1 Å². The lowest BCUT2D eigenvalue weighted by atomic mass is 10.1. The second-order valence-electron chi connectivity index (χ2n) is 5.76. The minimum absolute atomic E-state index is 0.0835. The molecule has 31 heavy (non-hydrogen) atoms. The number of halogens is 3. The number of aromatic nitrogens is 3. The molecule has 160 valence electrons. The van der Waals surface area contributed by atoms with Gasteiger partial charge in [0.25, 0.3) is 11.8 Å². The molecule has 3 rings (SSSR count). The highest BCUT2D eigenvalue weighted by Crippen LogP contribution is 2.28. The highest BCUT2D eigenvalue weighted by molar-refractivity contribution is 9.10. The van der Waals surface area contributed by atoms with E-state index >= 15 is 0 Å². The largest absolute Gasteiger partial charge is 0.452 e. The number of hydrogen-bond donors (Lipinski definition) is 3. The van der Waals surface area contributed by atoms with Crippen LogP contribution in [0.3, 0.4) is 0 Å². The Labute approximate surface area is 197 Å². The molecule has 3 amide bonds. The number of carbonyl (C=O) groups is 3. The van der Waals surface area contributed by atoms with E-state index in [1.54, 1.807) is 24.3 Å². The Bertz CT molecular complexity index is 1170. The second-order valence-corrected chi connectivity index (χ2v) is 7.83. The summed E-state index contributed by atoms with van der Waals surface area (Å²) in [6.07, 6.45) is 0.665. The van der Waals surface area contributed by atoms with Crippen molar-refractivity contribution in [2.45, 2.75) is 0 Å². The molecule has 0 unspecified atom stereocenters. The molecule has 0 aliphatic heterocycles. The van der Waals surface area contributed by atoms with Gasteiger partial charge in [0.15, 0.2) is 5.82 Å². The lowest BCUT2D eigenvalue weighted by molar-refractivity contribution is 0.0921. The SMILES string of the molecule is COC(=O)NNC(=O)c1cccc(Br)c1NC(=O)c1cc(Br)nn1-c1ncccc1Cl. The lowest BCUT2D eigenvalue weighted by Crippen LogP contribution is -2.41. The van der Waals surface area contributed by atoms with Gasteiger partial charge >= 0.3 is 6.09 Å². The number of para-hydroxylation sites is 1. The lowest BCUT2D eigenvalue weighted by Gasteiger charge is -2.14. The summed E-state index contributed by atoms with van der Waals surface area (Å²) in [5.74, 6) is -1.00. The first-order chi connectivity index (χ1) is 14.8. The zero-order chi connectivity index (χ0) is 22.5. The summed E-state index contributed by atoms with van der Waals surface area (Å²) >= 11 is 12.8. The van der Waals surface area contributed by atoms with Crippen LogP contribution in [0.4, 0.5) is 10.5 Å². The molecule has 0 atom stereocenters. The average molecular weight is 573 g/mol. The molecule has 0 bridgehead atoms. The first-order valence-corrected chi connectivity index (χ1v) is 10.4. The first-order valence-electron chi connectivity index (χ1n) is 8.42. The number of methoxy groups -OCH3 is 1. The Balaban J connectivity index is 1.93. The van der Waals surface area contributed by atoms with Gasteiger partial charge in [0.05, 0.1) is 23.4 Å². The third kappa shape index (κ3) is 5.21. The molecule has 3 aromatic rings. The molecule has 0 saturated heterocycles. The molecule has 13 heteroatoms. The number of anilines is 1. The Morgan fingerprint density at radius 1 is 1.10 bits per heavy atom. The minimum atomic E-state index is -0.852. The summed E-state index contributed by atoms with van der Waals surface area (Å²) in [5.41, 5.74) is 4.63. The van der Waals surface area contributed by atoms with Gasteiger partial charge in [-0.05, 0) is 56.1 Å². The van der Waals surface area contributed by atoms with E-state index in [2.05, 4.69) is 62.8 Å². The van der Waals surface area contributed by atoms with E-state index in [-0.39, 0.29) is 22.8 Å². The normalized spacial score (nSPS) is 10.3. The summed E-state index contributed by atoms with van der Waals surface area (Å²) in [6.45, 7) is 0. The molecule has 0 spiro atoms. The predicted octanol–water partition coefficient (Wildman–Crippen LogP) is 3.70. The van der Waals surface area contributed by atoms with E-state index in [0.717, 1.165) is 7.11 Å². The fraction of sp³-hybridized carbons (Fsp3) is 0.0556. The van der Waals surface area contributed by atoms with Crippen molar-refractivity contribution in [1.29, 1.82) is 0 Å². The second kappa shape index (κ2) is 9.90. The zero-order valence-corrected chi connectivity index (χ0v) is 19.6. The summed E-state index contributed by atoms with van der Waals surface area (Å²) in [5, 5.41) is 7.19. The van der Waals surface area contributed by atoms with Crippen molar-refractivity contribution in [3.8, 4) is 5.82 Å². The number of rotatable bonds is 4. The Morgan fingerprint density at radius 2 is 1.87 bits per heavy atom. The van der Waals surface area contributed by atoms with Crippen molar-refractivity contribution in [2.24, 2.45) is 0 Å². The van der Waals surface area contributed by atoms with E-state index in [0.29, 0.717) is 14.1 Å². The summed E-state index contributed by atoms with van der Waals surface area (Å²) < 4.78 is 6.50. The highest BCUT2D eigenvalue weighted by Gasteiger charge is 2.22. The molecule has 0 saturated carbocycles. The molecule has 0 radical (unpaired) electrons. The monoisotopic (exact) mass is 570 g/mol. The van der Waals surface area contributed by atoms with E-state index in [1.807, 2.05) is 0 Å². The van der Waals surface area contributed by atoms with Crippen molar-refractivity contribution in [3.63, 3.8) is 0 Å². The van der Waals surface area contributed by atoms with Gasteiger partial charge in [-0.2, -0.15) is 5.10 Å². The van der Waals surface area contributed by atoms with Gasteiger partial charge in [0.1, 0.15) is 10.3 Å². The van der Waals surface area contributed by atoms with Crippen LogP contribution in [-0.2, 0) is 4.74 Å². The van der Waals surface area contributed by atoms with Crippen molar-refractivity contribution in [1.82, 2.24) is 25.6 Å². The molecule has 0 aliphatic carbocycles. The molecule has 0 aliphatic rings. The topological polar surface area (TPSA) is 127 Å². The smallest absolute Gasteiger partial charge is 0.425 e. The van der Waals surface area contributed by atoms with Crippen LogP contribution in [0, 0.1) is 0 Å².